The van der Waals surface area contributed by atoms with Crippen LogP contribution in [-0.2, 0) is 0 Å². The van der Waals surface area contributed by atoms with Crippen molar-refractivity contribution in [2.45, 2.75) is 26.8 Å². The molecular formula is C17H19N3O2S. The molecule has 5 nitrogen and oxygen atoms in total. The molecule has 0 bridgehead atoms. The highest BCUT2D eigenvalue weighted by Gasteiger charge is 2.25. The van der Waals surface area contributed by atoms with Crippen LogP contribution in [0.25, 0.3) is 5.13 Å². The van der Waals surface area contributed by atoms with Gasteiger partial charge in [-0.2, -0.15) is 0 Å². The summed E-state index contributed by atoms with van der Waals surface area (Å²) in [5.74, 6) is 0.749. The Morgan fingerprint density at radius 1 is 1.43 bits per heavy atom. The van der Waals surface area contributed by atoms with Crippen molar-refractivity contribution in [3.8, 4) is 5.13 Å². The van der Waals surface area contributed by atoms with Gasteiger partial charge in [-0.05, 0) is 39.0 Å². The fourth-order valence-corrected chi connectivity index (χ4v) is 3.44. The van der Waals surface area contributed by atoms with Crippen LogP contribution >= 0.6 is 11.3 Å². The number of carbonyl (C=O) groups excluding carboxylic acids is 1. The zero-order valence-corrected chi connectivity index (χ0v) is 14.4. The van der Waals surface area contributed by atoms with Crippen molar-refractivity contribution in [1.29, 1.82) is 0 Å². The largest absolute Gasteiger partial charge is 0.467 e. The van der Waals surface area contributed by atoms with Crippen LogP contribution in [0.3, 0.4) is 0 Å². The average Bonchev–Trinajstić information content (AvgIpc) is 3.26. The van der Waals surface area contributed by atoms with Gasteiger partial charge in [-0.3, -0.25) is 9.36 Å². The third-order valence-corrected chi connectivity index (χ3v) is 4.88. The van der Waals surface area contributed by atoms with Crippen molar-refractivity contribution in [1.82, 2.24) is 14.5 Å². The molecule has 0 spiro atoms. The Morgan fingerprint density at radius 2 is 2.22 bits per heavy atom. The molecule has 3 rings (SSSR count). The predicted molar refractivity (Wildman–Crippen MR) is 90.1 cm³/mol. The number of carbonyl (C=O) groups is 1. The first-order chi connectivity index (χ1) is 11.0. The average molecular weight is 329 g/mol. The molecule has 0 N–H and O–H groups in total. The van der Waals surface area contributed by atoms with Gasteiger partial charge in [0.2, 0.25) is 0 Å². The zero-order chi connectivity index (χ0) is 16.6. The number of hydrogen-bond acceptors (Lipinski definition) is 4. The topological polar surface area (TPSA) is 51.3 Å². The smallest absolute Gasteiger partial charge is 0.256 e. The van der Waals surface area contributed by atoms with Crippen LogP contribution in [-0.4, -0.2) is 27.4 Å². The molecule has 0 saturated heterocycles. The van der Waals surface area contributed by atoms with Crippen LogP contribution in [0, 0.1) is 13.8 Å². The van der Waals surface area contributed by atoms with Gasteiger partial charge < -0.3 is 9.32 Å². The Bertz CT molecular complexity index is 803. The number of aromatic nitrogens is 2. The molecule has 120 valence electrons. The van der Waals surface area contributed by atoms with E-state index in [4.69, 9.17) is 4.42 Å². The molecule has 23 heavy (non-hydrogen) atoms. The van der Waals surface area contributed by atoms with E-state index in [0.29, 0.717) is 5.56 Å². The molecule has 0 aliphatic rings. The van der Waals surface area contributed by atoms with E-state index in [1.54, 1.807) is 35.7 Å². The van der Waals surface area contributed by atoms with Crippen LogP contribution in [0.15, 0.2) is 40.5 Å². The highest BCUT2D eigenvalue weighted by Crippen LogP contribution is 2.26. The Morgan fingerprint density at radius 3 is 2.83 bits per heavy atom. The van der Waals surface area contributed by atoms with Crippen LogP contribution in [0.4, 0.5) is 0 Å². The second kappa shape index (κ2) is 6.04. The molecule has 6 heteroatoms. The third-order valence-electron chi connectivity index (χ3n) is 4.13. The van der Waals surface area contributed by atoms with Crippen molar-refractivity contribution in [2.75, 3.05) is 7.05 Å². The summed E-state index contributed by atoms with van der Waals surface area (Å²) in [4.78, 5) is 18.9. The first-order valence-electron chi connectivity index (χ1n) is 7.40. The maximum Gasteiger partial charge on any atom is 0.256 e. The highest BCUT2D eigenvalue weighted by atomic mass is 32.1. The van der Waals surface area contributed by atoms with E-state index < -0.39 is 0 Å². The second-order valence-electron chi connectivity index (χ2n) is 5.54. The number of nitrogens with zero attached hydrogens (tertiary/aromatic N) is 3. The van der Waals surface area contributed by atoms with Crippen LogP contribution < -0.4 is 0 Å². The summed E-state index contributed by atoms with van der Waals surface area (Å²) in [6, 6.07) is 5.51. The van der Waals surface area contributed by atoms with Gasteiger partial charge in [0.1, 0.15) is 5.76 Å². The van der Waals surface area contributed by atoms with Gasteiger partial charge in [0.05, 0.1) is 17.9 Å². The summed E-state index contributed by atoms with van der Waals surface area (Å²) in [5.41, 5.74) is 2.60. The zero-order valence-electron chi connectivity index (χ0n) is 13.6. The molecule has 0 saturated carbocycles. The van der Waals surface area contributed by atoms with E-state index in [2.05, 4.69) is 4.98 Å². The minimum absolute atomic E-state index is 0.0233. The lowest BCUT2D eigenvalue weighted by molar-refractivity contribution is 0.0725. The van der Waals surface area contributed by atoms with Crippen LogP contribution in [0.1, 0.15) is 40.5 Å². The first-order valence-corrected chi connectivity index (χ1v) is 8.28. The van der Waals surface area contributed by atoms with E-state index >= 15 is 0 Å². The molecule has 1 atom stereocenters. The fourth-order valence-electron chi connectivity index (χ4n) is 2.69. The van der Waals surface area contributed by atoms with E-state index in [1.807, 2.05) is 48.9 Å². The van der Waals surface area contributed by atoms with Crippen LogP contribution in [0.5, 0.6) is 0 Å². The summed E-state index contributed by atoms with van der Waals surface area (Å²) in [7, 11) is 1.80. The number of rotatable bonds is 4. The van der Waals surface area contributed by atoms with Gasteiger partial charge >= 0.3 is 0 Å². The normalized spacial score (nSPS) is 12.3. The van der Waals surface area contributed by atoms with Gasteiger partial charge in [0.25, 0.3) is 5.91 Å². The molecule has 1 unspecified atom stereocenters. The molecule has 0 aromatic carbocycles. The van der Waals surface area contributed by atoms with E-state index in [1.165, 1.54) is 0 Å². The van der Waals surface area contributed by atoms with E-state index in [0.717, 1.165) is 22.3 Å². The maximum atomic E-state index is 12.9. The van der Waals surface area contributed by atoms with E-state index in [-0.39, 0.29) is 11.9 Å². The number of furan rings is 1. The second-order valence-corrected chi connectivity index (χ2v) is 6.42. The molecular weight excluding hydrogens is 310 g/mol. The van der Waals surface area contributed by atoms with Crippen molar-refractivity contribution in [2.24, 2.45) is 0 Å². The molecule has 0 aliphatic carbocycles. The summed E-state index contributed by atoms with van der Waals surface area (Å²) in [6.45, 7) is 5.89. The first kappa shape index (κ1) is 15.6. The van der Waals surface area contributed by atoms with Gasteiger partial charge in [0.15, 0.2) is 5.13 Å². The van der Waals surface area contributed by atoms with Crippen molar-refractivity contribution >= 4 is 17.2 Å². The Kier molecular flexibility index (Phi) is 4.09. The van der Waals surface area contributed by atoms with Crippen molar-refractivity contribution in [3.63, 3.8) is 0 Å². The SMILES string of the molecule is Cc1cc(C(=O)N(C)C(C)c2ccco2)c(C)n1-c1nccs1. The summed E-state index contributed by atoms with van der Waals surface area (Å²) in [5, 5.41) is 2.81. The molecule has 0 aliphatic heterocycles. The molecule has 0 radical (unpaired) electrons. The van der Waals surface area contributed by atoms with Gasteiger partial charge in [0, 0.05) is 30.0 Å². The fraction of sp³-hybridized carbons (Fsp3) is 0.294. The number of amides is 1. The molecule has 3 aromatic rings. The summed E-state index contributed by atoms with van der Waals surface area (Å²) in [6.07, 6.45) is 3.39. The number of hydrogen-bond donors (Lipinski definition) is 0. The van der Waals surface area contributed by atoms with Gasteiger partial charge in [-0.15, -0.1) is 11.3 Å². The van der Waals surface area contributed by atoms with Gasteiger partial charge in [-0.1, -0.05) is 0 Å². The quantitative estimate of drug-likeness (QED) is 0.727. The Balaban J connectivity index is 1.93. The van der Waals surface area contributed by atoms with Crippen molar-refractivity contribution < 1.29 is 9.21 Å². The number of aryl methyl sites for hydroxylation is 1. The lowest BCUT2D eigenvalue weighted by atomic mass is 10.1. The third kappa shape index (κ3) is 2.70. The molecule has 0 fully saturated rings. The van der Waals surface area contributed by atoms with Crippen molar-refractivity contribution in [3.05, 3.63) is 58.8 Å². The Hall–Kier alpha value is -2.34. The predicted octanol–water partition coefficient (Wildman–Crippen LogP) is 3.98. The Labute approximate surface area is 139 Å². The van der Waals surface area contributed by atoms with E-state index in [9.17, 15) is 4.79 Å². The number of thiazole rings is 1. The highest BCUT2D eigenvalue weighted by molar-refractivity contribution is 7.12. The molecule has 3 heterocycles. The van der Waals surface area contributed by atoms with Crippen LogP contribution in [0.2, 0.25) is 0 Å². The monoisotopic (exact) mass is 329 g/mol. The minimum Gasteiger partial charge on any atom is -0.467 e. The lowest BCUT2D eigenvalue weighted by Crippen LogP contribution is -2.29. The maximum absolute atomic E-state index is 12.9. The molecule has 3 aromatic heterocycles. The summed E-state index contributed by atoms with van der Waals surface area (Å²) >= 11 is 1.55. The lowest BCUT2D eigenvalue weighted by Gasteiger charge is -2.23. The summed E-state index contributed by atoms with van der Waals surface area (Å²) < 4.78 is 7.43. The standard InChI is InChI=1S/C17H19N3O2S/c1-11-10-14(12(2)20(11)17-18-7-9-23-17)16(21)19(4)13(3)15-6-5-8-22-15/h5-10,13H,1-4H3. The minimum atomic E-state index is -0.125. The van der Waals surface area contributed by atoms with Gasteiger partial charge in [-0.25, -0.2) is 4.98 Å². The molecule has 1 amide bonds.